The molecule has 34 heavy (non-hydrogen) atoms. The molecule has 1 aromatic carbocycles. The van der Waals surface area contributed by atoms with E-state index < -0.39 is 16.9 Å². The third kappa shape index (κ3) is 5.78. The van der Waals surface area contributed by atoms with E-state index >= 15 is 0 Å². The van der Waals surface area contributed by atoms with Gasteiger partial charge in [0.15, 0.2) is 17.3 Å². The van der Waals surface area contributed by atoms with Crippen LogP contribution in [-0.2, 0) is 16.1 Å². The summed E-state index contributed by atoms with van der Waals surface area (Å²) in [6.07, 6.45) is 4.18. The summed E-state index contributed by atoms with van der Waals surface area (Å²) in [4.78, 5) is 23.4. The van der Waals surface area contributed by atoms with Gasteiger partial charge in [-0.1, -0.05) is 6.42 Å². The predicted octanol–water partition coefficient (Wildman–Crippen LogP) is 1.22. The van der Waals surface area contributed by atoms with Crippen LogP contribution >= 0.6 is 0 Å². The molecule has 186 valence electrons. The maximum atomic E-state index is 12.0. The number of hydrogen-bond acceptors (Lipinski definition) is 11. The van der Waals surface area contributed by atoms with Crippen LogP contribution in [0.4, 0.5) is 5.69 Å². The lowest BCUT2D eigenvalue weighted by molar-refractivity contribution is -0.385. The summed E-state index contributed by atoms with van der Waals surface area (Å²) in [6.45, 7) is 0.965. The molecule has 0 aliphatic heterocycles. The summed E-state index contributed by atoms with van der Waals surface area (Å²) in [5, 5.41) is 27.1. The van der Waals surface area contributed by atoms with Gasteiger partial charge in [-0.3, -0.25) is 14.9 Å². The topological polar surface area (TPSA) is 170 Å². The van der Waals surface area contributed by atoms with Crippen molar-refractivity contribution >= 4 is 11.7 Å². The Morgan fingerprint density at radius 2 is 1.97 bits per heavy atom. The molecule has 1 heterocycles. The molecule has 1 aromatic heterocycles. The van der Waals surface area contributed by atoms with Gasteiger partial charge in [-0.15, -0.1) is 5.10 Å². The molecule has 13 nitrogen and oxygen atoms in total. The number of carbonyl (C=O) groups is 1. The molecule has 1 saturated carbocycles. The van der Waals surface area contributed by atoms with Crippen molar-refractivity contribution in [2.24, 2.45) is 17.6 Å². The van der Waals surface area contributed by atoms with Gasteiger partial charge in [-0.05, 0) is 60.7 Å². The summed E-state index contributed by atoms with van der Waals surface area (Å²) < 4.78 is 16.7. The Kier molecular flexibility index (Phi) is 8.71. The smallest absolute Gasteiger partial charge is 0.327 e. The average Bonchev–Trinajstić information content (AvgIpc) is 3.31. The summed E-state index contributed by atoms with van der Waals surface area (Å²) in [7, 11) is 4.12. The van der Waals surface area contributed by atoms with Crippen LogP contribution in [0.2, 0.25) is 0 Å². The molecule has 0 amide bonds. The first-order valence-corrected chi connectivity index (χ1v) is 11.1. The summed E-state index contributed by atoms with van der Waals surface area (Å²) in [5.74, 6) is 1.04. The Labute approximate surface area is 197 Å². The molecular formula is C21H31N7O6. The second-order valence-electron chi connectivity index (χ2n) is 8.27. The van der Waals surface area contributed by atoms with E-state index in [0.29, 0.717) is 30.7 Å². The number of carbonyl (C=O) groups excluding carboxylic acids is 1. The molecule has 0 radical (unpaired) electrons. The quantitative estimate of drug-likeness (QED) is 0.271. The van der Waals surface area contributed by atoms with Crippen molar-refractivity contribution in [1.82, 2.24) is 25.5 Å². The van der Waals surface area contributed by atoms with E-state index in [0.717, 1.165) is 25.7 Å². The highest BCUT2D eigenvalue weighted by Gasteiger charge is 2.32. The minimum atomic E-state index is -0.793. The molecule has 3 rings (SSSR count). The largest absolute Gasteiger partial charge is 0.493 e. The number of aromatic nitrogens is 4. The van der Waals surface area contributed by atoms with Crippen LogP contribution < -0.4 is 20.5 Å². The molecular weight excluding hydrogens is 446 g/mol. The van der Waals surface area contributed by atoms with E-state index in [1.165, 1.54) is 38.1 Å². The maximum absolute atomic E-state index is 12.0. The number of nitrogens with one attached hydrogen (secondary N) is 1. The fourth-order valence-corrected chi connectivity index (χ4v) is 4.42. The van der Waals surface area contributed by atoms with Crippen LogP contribution in [-0.4, -0.2) is 65.5 Å². The second-order valence-corrected chi connectivity index (χ2v) is 8.27. The SMILES string of the molecule is COC(=O)Cn1nnnc1C(NCC1CCCC(CN)C1)c1cc(OC)c(OC)cc1[N+](=O)[O-]. The van der Waals surface area contributed by atoms with E-state index in [4.69, 9.17) is 19.9 Å². The van der Waals surface area contributed by atoms with Gasteiger partial charge < -0.3 is 25.3 Å². The van der Waals surface area contributed by atoms with E-state index in [1.807, 2.05) is 0 Å². The van der Waals surface area contributed by atoms with Crippen molar-refractivity contribution in [3.05, 3.63) is 33.6 Å². The minimum absolute atomic E-state index is 0.189. The maximum Gasteiger partial charge on any atom is 0.327 e. The Hall–Kier alpha value is -3.32. The molecule has 2 aromatic rings. The molecule has 1 aliphatic carbocycles. The predicted molar refractivity (Wildman–Crippen MR) is 120 cm³/mol. The van der Waals surface area contributed by atoms with E-state index in [1.54, 1.807) is 0 Å². The molecule has 0 spiro atoms. The van der Waals surface area contributed by atoms with Gasteiger partial charge in [0.25, 0.3) is 5.69 Å². The first-order chi connectivity index (χ1) is 16.4. The van der Waals surface area contributed by atoms with Gasteiger partial charge in [0, 0.05) is 0 Å². The zero-order chi connectivity index (χ0) is 24.7. The fourth-order valence-electron chi connectivity index (χ4n) is 4.42. The Balaban J connectivity index is 2.03. The van der Waals surface area contributed by atoms with Crippen molar-refractivity contribution in [3.63, 3.8) is 0 Å². The minimum Gasteiger partial charge on any atom is -0.493 e. The number of ether oxygens (including phenoxy) is 3. The molecule has 0 bridgehead atoms. The van der Waals surface area contributed by atoms with Crippen molar-refractivity contribution < 1.29 is 23.9 Å². The van der Waals surface area contributed by atoms with Gasteiger partial charge in [0.2, 0.25) is 0 Å². The number of rotatable bonds is 11. The molecule has 1 fully saturated rings. The summed E-state index contributed by atoms with van der Waals surface area (Å²) >= 11 is 0. The number of nitro groups is 1. The van der Waals surface area contributed by atoms with Crippen LogP contribution in [0, 0.1) is 22.0 Å². The number of tetrazole rings is 1. The first kappa shape index (κ1) is 25.3. The van der Waals surface area contributed by atoms with E-state index in [9.17, 15) is 14.9 Å². The van der Waals surface area contributed by atoms with E-state index in [-0.39, 0.29) is 29.4 Å². The molecule has 13 heteroatoms. The molecule has 1 aliphatic rings. The van der Waals surface area contributed by atoms with Crippen LogP contribution in [0.3, 0.4) is 0 Å². The van der Waals surface area contributed by atoms with Gasteiger partial charge in [-0.2, -0.15) is 0 Å². The Bertz CT molecular complexity index is 998. The highest BCUT2D eigenvalue weighted by molar-refractivity contribution is 5.68. The molecule has 0 saturated heterocycles. The van der Waals surface area contributed by atoms with Crippen LogP contribution in [0.5, 0.6) is 11.5 Å². The zero-order valence-electron chi connectivity index (χ0n) is 19.6. The highest BCUT2D eigenvalue weighted by atomic mass is 16.6. The lowest BCUT2D eigenvalue weighted by atomic mass is 9.81. The van der Waals surface area contributed by atoms with Crippen LogP contribution in [0.1, 0.15) is 43.1 Å². The number of methoxy groups -OCH3 is 3. The van der Waals surface area contributed by atoms with Gasteiger partial charge in [0.05, 0.1) is 37.9 Å². The van der Waals surface area contributed by atoms with Crippen molar-refractivity contribution in [1.29, 1.82) is 0 Å². The van der Waals surface area contributed by atoms with Crippen molar-refractivity contribution in [2.45, 2.75) is 38.3 Å². The lowest BCUT2D eigenvalue weighted by Crippen LogP contribution is -2.34. The molecule has 3 atom stereocenters. The molecule has 3 N–H and O–H groups in total. The first-order valence-electron chi connectivity index (χ1n) is 11.1. The number of nitrogens with two attached hydrogens (primary N) is 1. The normalized spacial score (nSPS) is 18.8. The Morgan fingerprint density at radius 1 is 1.26 bits per heavy atom. The average molecular weight is 478 g/mol. The Morgan fingerprint density at radius 3 is 2.62 bits per heavy atom. The van der Waals surface area contributed by atoms with Crippen molar-refractivity contribution in [3.8, 4) is 11.5 Å². The fraction of sp³-hybridized carbons (Fsp3) is 0.619. The zero-order valence-corrected chi connectivity index (χ0v) is 19.6. The summed E-state index contributed by atoms with van der Waals surface area (Å²) in [6, 6.07) is 2.05. The highest BCUT2D eigenvalue weighted by Crippen LogP contribution is 2.39. The van der Waals surface area contributed by atoms with Gasteiger partial charge >= 0.3 is 5.97 Å². The second kappa shape index (κ2) is 11.7. The number of esters is 1. The third-order valence-electron chi connectivity index (χ3n) is 6.20. The number of nitro benzene ring substituents is 1. The monoisotopic (exact) mass is 477 g/mol. The van der Waals surface area contributed by atoms with Gasteiger partial charge in [-0.25, -0.2) is 4.68 Å². The van der Waals surface area contributed by atoms with E-state index in [2.05, 4.69) is 20.8 Å². The number of nitrogens with zero attached hydrogens (tertiary/aromatic N) is 5. The summed E-state index contributed by atoms with van der Waals surface area (Å²) in [5.41, 5.74) is 5.98. The standard InChI is InChI=1S/C21H31N7O6/c1-32-17-8-15(16(28(30)31)9-18(17)33-2)20(21-24-25-26-27(21)12-19(29)34-3)23-11-14-6-4-5-13(7-14)10-22/h8-9,13-14,20,23H,4-7,10-12,22H2,1-3H3. The van der Waals surface area contributed by atoms with Gasteiger partial charge in [0.1, 0.15) is 12.6 Å². The van der Waals surface area contributed by atoms with Crippen LogP contribution in [0.25, 0.3) is 0 Å². The number of hydrogen-bond donors (Lipinski definition) is 2. The lowest BCUT2D eigenvalue weighted by Gasteiger charge is -2.30. The van der Waals surface area contributed by atoms with Crippen LogP contribution in [0.15, 0.2) is 12.1 Å². The van der Waals surface area contributed by atoms with Crippen molar-refractivity contribution in [2.75, 3.05) is 34.4 Å². The number of benzene rings is 1. The molecule has 3 unspecified atom stereocenters. The third-order valence-corrected chi connectivity index (χ3v) is 6.20.